The van der Waals surface area contributed by atoms with E-state index in [1.807, 2.05) is 6.07 Å². The van der Waals surface area contributed by atoms with Crippen molar-refractivity contribution in [2.45, 2.75) is 37.8 Å². The van der Waals surface area contributed by atoms with E-state index in [2.05, 4.69) is 37.3 Å². The highest BCUT2D eigenvalue weighted by atomic mass is 16.8. The third-order valence-electron chi connectivity index (χ3n) is 4.55. The molecule has 3 aliphatic rings. The van der Waals surface area contributed by atoms with Crippen molar-refractivity contribution >= 4 is 10.8 Å². The van der Waals surface area contributed by atoms with E-state index in [0.717, 1.165) is 18.6 Å². The third-order valence-corrected chi connectivity index (χ3v) is 4.55. The van der Waals surface area contributed by atoms with Gasteiger partial charge >= 0.3 is 0 Å². The van der Waals surface area contributed by atoms with Crippen LogP contribution in [-0.4, -0.2) is 19.5 Å². The van der Waals surface area contributed by atoms with Crippen molar-refractivity contribution in [3.63, 3.8) is 0 Å². The molecule has 3 atom stereocenters. The summed E-state index contributed by atoms with van der Waals surface area (Å²) < 4.78 is 17.1. The molecule has 0 radical (unpaired) electrons. The van der Waals surface area contributed by atoms with Crippen molar-refractivity contribution in [2.24, 2.45) is 0 Å². The molecular weight excluding hydrogens is 252 g/mol. The first-order chi connectivity index (χ1) is 9.75. The van der Waals surface area contributed by atoms with Crippen molar-refractivity contribution in [1.82, 2.24) is 0 Å². The fourth-order valence-corrected chi connectivity index (χ4v) is 3.46. The van der Waals surface area contributed by atoms with Crippen LogP contribution < -0.4 is 4.74 Å². The highest BCUT2D eigenvalue weighted by molar-refractivity contribution is 5.84. The standard InChI is InChI=1S/C17H18O3/c1-3-15-17(10-16(19-15)20-17)13-6-4-12-9-14(18-2)7-5-11(12)8-13/h4-9,15-16H,3,10H2,1-2H3. The Morgan fingerprint density at radius 3 is 2.70 bits per heavy atom. The Kier molecular flexibility index (Phi) is 2.56. The maximum absolute atomic E-state index is 5.97. The number of fused-ring (bicyclic) bond motifs is 2. The first-order valence-electron chi connectivity index (χ1n) is 7.17. The highest BCUT2D eigenvalue weighted by Crippen LogP contribution is 2.54. The molecule has 3 saturated heterocycles. The van der Waals surface area contributed by atoms with Gasteiger partial charge < -0.3 is 14.2 Å². The van der Waals surface area contributed by atoms with Gasteiger partial charge in [0.05, 0.1) is 13.2 Å². The molecule has 3 heterocycles. The average molecular weight is 270 g/mol. The lowest BCUT2D eigenvalue weighted by atomic mass is 9.81. The molecule has 5 rings (SSSR count). The lowest BCUT2D eigenvalue weighted by Crippen LogP contribution is -2.43. The normalized spacial score (nSPS) is 31.3. The summed E-state index contributed by atoms with van der Waals surface area (Å²) in [5.41, 5.74) is 1.02. The summed E-state index contributed by atoms with van der Waals surface area (Å²) >= 11 is 0. The van der Waals surface area contributed by atoms with Crippen LogP contribution in [0.25, 0.3) is 10.8 Å². The third kappa shape index (κ3) is 1.54. The van der Waals surface area contributed by atoms with Gasteiger partial charge in [0.25, 0.3) is 0 Å². The van der Waals surface area contributed by atoms with Crippen molar-refractivity contribution in [2.75, 3.05) is 7.11 Å². The van der Waals surface area contributed by atoms with Gasteiger partial charge in [-0.2, -0.15) is 0 Å². The Morgan fingerprint density at radius 1 is 1.20 bits per heavy atom. The summed E-state index contributed by atoms with van der Waals surface area (Å²) in [5, 5.41) is 2.40. The summed E-state index contributed by atoms with van der Waals surface area (Å²) in [6, 6.07) is 12.7. The average Bonchev–Trinajstić information content (AvgIpc) is 3.01. The van der Waals surface area contributed by atoms with Crippen molar-refractivity contribution < 1.29 is 14.2 Å². The van der Waals surface area contributed by atoms with Crippen LogP contribution in [0.3, 0.4) is 0 Å². The molecule has 2 bridgehead atoms. The zero-order valence-electron chi connectivity index (χ0n) is 11.8. The fourth-order valence-electron chi connectivity index (χ4n) is 3.46. The number of methoxy groups -OCH3 is 1. The zero-order valence-corrected chi connectivity index (χ0v) is 11.8. The molecule has 0 spiro atoms. The fraction of sp³-hybridized carbons (Fsp3) is 0.412. The monoisotopic (exact) mass is 270 g/mol. The second-order valence-electron chi connectivity index (χ2n) is 5.60. The van der Waals surface area contributed by atoms with Crippen LogP contribution in [0.2, 0.25) is 0 Å². The summed E-state index contributed by atoms with van der Waals surface area (Å²) in [4.78, 5) is 0. The van der Waals surface area contributed by atoms with Gasteiger partial charge in [0.1, 0.15) is 11.4 Å². The predicted octanol–water partition coefficient (Wildman–Crippen LogP) is 3.60. The van der Waals surface area contributed by atoms with E-state index in [0.29, 0.717) is 0 Å². The molecule has 0 saturated carbocycles. The van der Waals surface area contributed by atoms with Crippen molar-refractivity contribution in [1.29, 1.82) is 0 Å². The lowest BCUT2D eigenvalue weighted by Gasteiger charge is -2.38. The summed E-state index contributed by atoms with van der Waals surface area (Å²) in [6.45, 7) is 2.16. The van der Waals surface area contributed by atoms with E-state index in [9.17, 15) is 0 Å². The largest absolute Gasteiger partial charge is 0.497 e. The van der Waals surface area contributed by atoms with Crippen molar-refractivity contribution in [3.8, 4) is 5.75 Å². The van der Waals surface area contributed by atoms with Crippen LogP contribution in [0.5, 0.6) is 5.75 Å². The number of rotatable bonds is 3. The number of ether oxygens (including phenoxy) is 3. The van der Waals surface area contributed by atoms with Gasteiger partial charge in [-0.1, -0.05) is 25.1 Å². The van der Waals surface area contributed by atoms with E-state index in [-0.39, 0.29) is 18.0 Å². The highest BCUT2D eigenvalue weighted by Gasteiger charge is 2.60. The van der Waals surface area contributed by atoms with Gasteiger partial charge in [0, 0.05) is 6.42 Å². The second-order valence-corrected chi connectivity index (χ2v) is 5.60. The quantitative estimate of drug-likeness (QED) is 0.853. The smallest absolute Gasteiger partial charge is 0.162 e. The Morgan fingerprint density at radius 2 is 1.95 bits per heavy atom. The van der Waals surface area contributed by atoms with Gasteiger partial charge in [0.2, 0.25) is 0 Å². The van der Waals surface area contributed by atoms with E-state index in [1.165, 1.54) is 16.3 Å². The Hall–Kier alpha value is -1.58. The van der Waals surface area contributed by atoms with Crippen molar-refractivity contribution in [3.05, 3.63) is 42.0 Å². The maximum Gasteiger partial charge on any atom is 0.162 e. The Labute approximate surface area is 118 Å². The summed E-state index contributed by atoms with van der Waals surface area (Å²) in [5.74, 6) is 0.888. The minimum Gasteiger partial charge on any atom is -0.497 e. The first-order valence-corrected chi connectivity index (χ1v) is 7.17. The molecule has 3 heteroatoms. The van der Waals surface area contributed by atoms with Gasteiger partial charge in [-0.3, -0.25) is 0 Å². The van der Waals surface area contributed by atoms with Gasteiger partial charge in [-0.15, -0.1) is 0 Å². The topological polar surface area (TPSA) is 27.7 Å². The molecule has 3 fully saturated rings. The summed E-state index contributed by atoms with van der Waals surface area (Å²) in [7, 11) is 1.69. The molecule has 0 amide bonds. The molecule has 3 nitrogen and oxygen atoms in total. The molecular formula is C17H18O3. The van der Waals surface area contributed by atoms with Crippen LogP contribution in [0.15, 0.2) is 36.4 Å². The molecule has 104 valence electrons. The SMILES string of the molecule is CCC1OC2CC1(c1ccc3cc(OC)ccc3c1)O2. The van der Waals surface area contributed by atoms with Crippen LogP contribution in [0.1, 0.15) is 25.3 Å². The Bertz CT molecular complexity index is 658. The van der Waals surface area contributed by atoms with Crippen LogP contribution in [0.4, 0.5) is 0 Å². The zero-order chi connectivity index (χ0) is 13.7. The second kappa shape index (κ2) is 4.21. The molecule has 3 unspecified atom stereocenters. The number of hydrogen-bond acceptors (Lipinski definition) is 3. The van der Waals surface area contributed by atoms with Crippen LogP contribution in [0, 0.1) is 0 Å². The minimum absolute atomic E-state index is 0.00603. The number of hydrogen-bond donors (Lipinski definition) is 0. The van der Waals surface area contributed by atoms with E-state index < -0.39 is 0 Å². The van der Waals surface area contributed by atoms with E-state index in [4.69, 9.17) is 14.2 Å². The lowest BCUT2D eigenvalue weighted by molar-refractivity contribution is -0.198. The molecule has 2 aromatic rings. The number of benzene rings is 2. The van der Waals surface area contributed by atoms with Crippen LogP contribution >= 0.6 is 0 Å². The van der Waals surface area contributed by atoms with E-state index in [1.54, 1.807) is 7.11 Å². The molecule has 0 aromatic heterocycles. The molecule has 0 aliphatic carbocycles. The summed E-state index contributed by atoms with van der Waals surface area (Å²) in [6.07, 6.45) is 2.15. The minimum atomic E-state index is -0.215. The predicted molar refractivity (Wildman–Crippen MR) is 76.8 cm³/mol. The molecule has 3 aliphatic heterocycles. The molecule has 0 N–H and O–H groups in total. The molecule has 2 aromatic carbocycles. The van der Waals surface area contributed by atoms with Gasteiger partial charge in [0.15, 0.2) is 6.29 Å². The van der Waals surface area contributed by atoms with Gasteiger partial charge in [-0.25, -0.2) is 0 Å². The van der Waals surface area contributed by atoms with Gasteiger partial charge in [-0.05, 0) is 41.0 Å². The van der Waals surface area contributed by atoms with Crippen LogP contribution in [-0.2, 0) is 15.1 Å². The molecule has 20 heavy (non-hydrogen) atoms. The van der Waals surface area contributed by atoms with E-state index >= 15 is 0 Å². The first kappa shape index (κ1) is 12.2. The maximum atomic E-state index is 5.97. The Balaban J connectivity index is 1.78.